The highest BCUT2D eigenvalue weighted by atomic mass is 35.5. The Morgan fingerprint density at radius 1 is 0.824 bits per heavy atom. The van der Waals surface area contributed by atoms with Gasteiger partial charge in [0.05, 0.1) is 30.0 Å². The highest BCUT2D eigenvalue weighted by Crippen LogP contribution is 2.48. The molecule has 1 aliphatic carbocycles. The summed E-state index contributed by atoms with van der Waals surface area (Å²) in [6, 6.07) is 25.5. The number of halogens is 4. The van der Waals surface area contributed by atoms with Crippen LogP contribution in [-0.4, -0.2) is 146 Å². The van der Waals surface area contributed by atoms with Crippen LogP contribution < -0.4 is 14.9 Å². The predicted molar refractivity (Wildman–Crippen MR) is 289 cm³/mol. The Balaban J connectivity index is 1.01. The molecule has 0 spiro atoms. The molecule has 2 aliphatic heterocycles. The van der Waals surface area contributed by atoms with Crippen molar-refractivity contribution in [3.8, 4) is 0 Å². The van der Waals surface area contributed by atoms with E-state index in [9.17, 15) is 39.4 Å². The number of benzene rings is 4. The number of hydrogen-bond acceptors (Lipinski definition) is 14. The van der Waals surface area contributed by atoms with Gasteiger partial charge >= 0.3 is 13.1 Å². The minimum Gasteiger partial charge on any atom is -0.379 e. The molecule has 2 fully saturated rings. The van der Waals surface area contributed by atoms with Gasteiger partial charge in [0.25, 0.3) is 25.8 Å². The van der Waals surface area contributed by atoms with E-state index in [1.807, 2.05) is 47.2 Å². The Morgan fingerprint density at radius 2 is 1.45 bits per heavy atom. The number of carbonyl (C=O) groups is 1. The molecule has 1 unspecified atom stereocenters. The van der Waals surface area contributed by atoms with Gasteiger partial charge in [-0.25, -0.2) is 21.6 Å². The summed E-state index contributed by atoms with van der Waals surface area (Å²) in [7, 11) is -14.3. The average molecular weight is 1120 g/mol. The van der Waals surface area contributed by atoms with Gasteiger partial charge in [-0.05, 0) is 116 Å². The SMILES string of the molecule is CCOP(=O)(CCN1CCN(CC(CSc2ccccc2)Nc2ccc(S(=O)(=O)NC(=O)c3ccc(N4CCN(CC5=C(c6ccc(Cl)cc6)CCC(C)(C)C5)CC4)cc3)cc2S(=O)(=O)C(F)(F)F)CC1)OCC. The molecule has 4 aromatic carbocycles. The first-order valence-electron chi connectivity index (χ1n) is 24.9. The van der Waals surface area contributed by atoms with Crippen molar-refractivity contribution in [2.75, 3.05) is 107 Å². The van der Waals surface area contributed by atoms with Crippen LogP contribution in [0.4, 0.5) is 24.5 Å². The minimum absolute atomic E-state index is 0.0189. The second kappa shape index (κ2) is 25.0. The number of piperazine rings is 2. The maximum absolute atomic E-state index is 14.4. The number of sulfonamides is 1. The smallest absolute Gasteiger partial charge is 0.379 e. The fourth-order valence-electron chi connectivity index (χ4n) is 9.60. The van der Waals surface area contributed by atoms with Gasteiger partial charge in [0.1, 0.15) is 4.90 Å². The van der Waals surface area contributed by atoms with Gasteiger partial charge in [-0.3, -0.25) is 19.2 Å². The van der Waals surface area contributed by atoms with Crippen molar-refractivity contribution in [2.45, 2.75) is 73.2 Å². The van der Waals surface area contributed by atoms with Crippen molar-refractivity contribution >= 4 is 73.7 Å². The molecule has 2 N–H and O–H groups in total. The summed E-state index contributed by atoms with van der Waals surface area (Å²) in [4.78, 5) is 21.1. The summed E-state index contributed by atoms with van der Waals surface area (Å²) in [5, 5.41) is 3.73. The number of nitrogens with one attached hydrogen (secondary N) is 2. The van der Waals surface area contributed by atoms with E-state index >= 15 is 0 Å². The molecule has 0 radical (unpaired) electrons. The minimum atomic E-state index is -6.12. The van der Waals surface area contributed by atoms with Crippen molar-refractivity contribution in [3.63, 3.8) is 0 Å². The molecule has 3 aliphatic rings. The van der Waals surface area contributed by atoms with E-state index in [1.165, 1.54) is 40.6 Å². The van der Waals surface area contributed by atoms with Crippen LogP contribution in [0, 0.1) is 5.41 Å². The lowest BCUT2D eigenvalue weighted by Crippen LogP contribution is -2.50. The average Bonchev–Trinajstić information content (AvgIpc) is 3.36. The normalized spacial score (nSPS) is 18.1. The summed E-state index contributed by atoms with van der Waals surface area (Å²) >= 11 is 7.62. The van der Waals surface area contributed by atoms with E-state index in [4.69, 9.17) is 20.6 Å². The first-order chi connectivity index (χ1) is 35.1. The maximum Gasteiger partial charge on any atom is 0.501 e. The van der Waals surface area contributed by atoms with Crippen LogP contribution in [0.1, 0.15) is 62.9 Å². The van der Waals surface area contributed by atoms with E-state index < -0.39 is 60.4 Å². The molecule has 4 aromatic rings. The highest BCUT2D eigenvalue weighted by Gasteiger charge is 2.48. The van der Waals surface area contributed by atoms with Gasteiger partial charge < -0.3 is 24.2 Å². The standard InChI is InChI=1S/C52H67ClF3N6O8PS3/c1-5-69-71(64,70-6-2)33-32-59-24-26-61(27-25-59)37-43(38-72-45-10-8-7-9-11-45)57-48-21-20-46(34-49(48)73(65,66)52(54,55)56)74(67,68)58-50(63)40-14-18-44(19-15-40)62-30-28-60(29-31-62)36-41-35-51(3,4)23-22-47(41)39-12-16-42(53)17-13-39/h7-21,34,43,57H,5-6,22-33,35-38H2,1-4H3,(H,58,63). The Morgan fingerprint density at radius 3 is 2.07 bits per heavy atom. The molecular weight excluding hydrogens is 1060 g/mol. The number of carbonyl (C=O) groups excluding carboxylic acids is 1. The second-order valence-corrected chi connectivity index (χ2v) is 26.9. The fourth-order valence-corrected chi connectivity index (χ4v) is 14.3. The Bertz CT molecular complexity index is 2840. The summed E-state index contributed by atoms with van der Waals surface area (Å²) < 4.78 is 123. The number of amides is 1. The van der Waals surface area contributed by atoms with Crippen LogP contribution in [0.2, 0.25) is 5.02 Å². The number of allylic oxidation sites excluding steroid dienone is 1. The van der Waals surface area contributed by atoms with E-state index in [-0.39, 0.29) is 30.4 Å². The molecule has 0 aromatic heterocycles. The third kappa shape index (κ3) is 15.4. The molecule has 74 heavy (non-hydrogen) atoms. The predicted octanol–water partition coefficient (Wildman–Crippen LogP) is 9.99. The van der Waals surface area contributed by atoms with Crippen LogP contribution in [0.25, 0.3) is 5.57 Å². The zero-order valence-corrected chi connectivity index (χ0v) is 46.4. The van der Waals surface area contributed by atoms with Crippen LogP contribution in [0.5, 0.6) is 0 Å². The number of rotatable bonds is 22. The van der Waals surface area contributed by atoms with E-state index in [0.717, 1.165) is 74.7 Å². The summed E-state index contributed by atoms with van der Waals surface area (Å²) in [6.45, 7) is 15.6. The lowest BCUT2D eigenvalue weighted by molar-refractivity contribution is -0.0436. The van der Waals surface area contributed by atoms with E-state index in [2.05, 4.69) is 50.9 Å². The first kappa shape index (κ1) is 57.7. The molecule has 7 rings (SSSR count). The molecule has 404 valence electrons. The molecular formula is C52H67ClF3N6O8PS3. The van der Waals surface area contributed by atoms with Crippen molar-refractivity contribution in [1.29, 1.82) is 0 Å². The molecule has 2 heterocycles. The Labute approximate surface area is 443 Å². The number of thioether (sulfide) groups is 1. The van der Waals surface area contributed by atoms with Crippen LogP contribution in [0.15, 0.2) is 117 Å². The van der Waals surface area contributed by atoms with Gasteiger partial charge in [-0.2, -0.15) is 13.2 Å². The molecule has 0 bridgehead atoms. The van der Waals surface area contributed by atoms with E-state index in [1.54, 1.807) is 26.0 Å². The zero-order chi connectivity index (χ0) is 53.3. The molecule has 22 heteroatoms. The zero-order valence-electron chi connectivity index (χ0n) is 42.3. The number of sulfone groups is 1. The molecule has 2 saturated heterocycles. The second-order valence-electron chi connectivity index (χ2n) is 19.6. The van der Waals surface area contributed by atoms with E-state index in [0.29, 0.717) is 56.1 Å². The summed E-state index contributed by atoms with van der Waals surface area (Å²) in [5.41, 5.74) is -1.17. The summed E-state index contributed by atoms with van der Waals surface area (Å²) in [6.07, 6.45) is 3.35. The van der Waals surface area contributed by atoms with Crippen LogP contribution in [-0.2, 0) is 33.5 Å². The van der Waals surface area contributed by atoms with Crippen LogP contribution >= 0.6 is 31.0 Å². The van der Waals surface area contributed by atoms with Crippen molar-refractivity contribution < 1.29 is 48.4 Å². The van der Waals surface area contributed by atoms with Crippen LogP contribution in [0.3, 0.4) is 0 Å². The fraction of sp³-hybridized carbons (Fsp3) is 0.481. The lowest BCUT2D eigenvalue weighted by Gasteiger charge is -2.39. The third-order valence-electron chi connectivity index (χ3n) is 13.6. The van der Waals surface area contributed by atoms with Gasteiger partial charge in [0.15, 0.2) is 0 Å². The lowest BCUT2D eigenvalue weighted by atomic mass is 9.73. The van der Waals surface area contributed by atoms with Gasteiger partial charge in [0, 0.05) is 105 Å². The van der Waals surface area contributed by atoms with Crippen molar-refractivity contribution in [1.82, 2.24) is 19.4 Å². The van der Waals surface area contributed by atoms with Gasteiger partial charge in [0.2, 0.25) is 0 Å². The Kier molecular flexibility index (Phi) is 19.5. The number of nitrogens with zero attached hydrogens (tertiary/aromatic N) is 4. The number of hydrogen-bond donors (Lipinski definition) is 2. The first-order valence-corrected chi connectivity index (χ1v) is 31.0. The van der Waals surface area contributed by atoms with Gasteiger partial charge in [-0.15, -0.1) is 11.8 Å². The number of anilines is 2. The maximum atomic E-state index is 14.4. The van der Waals surface area contributed by atoms with Crippen molar-refractivity contribution in [2.24, 2.45) is 5.41 Å². The molecule has 14 nitrogen and oxygen atoms in total. The Hall–Kier alpha value is -3.95. The summed E-state index contributed by atoms with van der Waals surface area (Å²) in [5.74, 6) is -0.740. The largest absolute Gasteiger partial charge is 0.501 e. The third-order valence-corrected chi connectivity index (χ3v) is 19.9. The monoisotopic (exact) mass is 1120 g/mol. The quantitative estimate of drug-likeness (QED) is 0.0566. The number of alkyl halides is 3. The van der Waals surface area contributed by atoms with Crippen molar-refractivity contribution in [3.05, 3.63) is 119 Å². The highest BCUT2D eigenvalue weighted by molar-refractivity contribution is 7.99. The topological polar surface area (TPSA) is 158 Å². The molecule has 1 atom stereocenters. The molecule has 1 amide bonds. The molecule has 0 saturated carbocycles. The van der Waals surface area contributed by atoms with Gasteiger partial charge in [-0.1, -0.05) is 61.4 Å².